The minimum absolute atomic E-state index is 0.508. The van der Waals surface area contributed by atoms with E-state index >= 15 is 0 Å². The van der Waals surface area contributed by atoms with Crippen LogP contribution >= 0.6 is 0 Å². The molecule has 3 N–H and O–H groups in total. The summed E-state index contributed by atoms with van der Waals surface area (Å²) in [6, 6.07) is -0.634. The lowest BCUT2D eigenvalue weighted by Gasteiger charge is -2.06. The Kier molecular flexibility index (Phi) is 1.68. The van der Waals surface area contributed by atoms with E-state index in [0.717, 1.165) is 0 Å². The number of hydrogen-bond donors (Lipinski definition) is 2. The quantitative estimate of drug-likeness (QED) is 0.458. The molecule has 1 heterocycles. The van der Waals surface area contributed by atoms with Crippen LogP contribution in [0.3, 0.4) is 0 Å². The van der Waals surface area contributed by atoms with Crippen molar-refractivity contribution in [1.82, 2.24) is 5.32 Å². The van der Waals surface area contributed by atoms with Crippen molar-refractivity contribution < 1.29 is 9.90 Å². The van der Waals surface area contributed by atoms with Gasteiger partial charge in [0.05, 0.1) is 0 Å². The molecule has 1 saturated heterocycles. The second kappa shape index (κ2) is 2.33. The first-order valence-corrected chi connectivity index (χ1v) is 2.90. The van der Waals surface area contributed by atoms with Gasteiger partial charge in [0.1, 0.15) is 12.1 Å². The molecule has 4 heteroatoms. The molecule has 1 aliphatic heterocycles. The van der Waals surface area contributed by atoms with Crippen LogP contribution in [0.1, 0.15) is 6.42 Å². The summed E-state index contributed by atoms with van der Waals surface area (Å²) in [4.78, 5) is 10.4. The Balaban J connectivity index is 2.49. The van der Waals surface area contributed by atoms with E-state index in [1.165, 1.54) is 0 Å². The number of amides is 1. The summed E-state index contributed by atoms with van der Waals surface area (Å²) in [6.07, 6.45) is -0.323. The molecule has 1 aliphatic rings. The fourth-order valence-electron chi connectivity index (χ4n) is 0.963. The van der Waals surface area contributed by atoms with Gasteiger partial charge in [0, 0.05) is 0 Å². The van der Waals surface area contributed by atoms with Crippen LogP contribution in [0.2, 0.25) is 0 Å². The maximum absolute atomic E-state index is 10.7. The van der Waals surface area contributed by atoms with Gasteiger partial charge in [0.2, 0.25) is 5.91 Å². The van der Waals surface area contributed by atoms with Gasteiger partial charge in [-0.25, -0.2) is 5.11 Å². The summed E-state index contributed by atoms with van der Waals surface area (Å²) in [6.45, 7) is 0.613. The normalized spacial score (nSPS) is 34.8. The van der Waals surface area contributed by atoms with Crippen molar-refractivity contribution in [3.05, 3.63) is 0 Å². The van der Waals surface area contributed by atoms with Crippen molar-refractivity contribution in [3.8, 4) is 0 Å². The van der Waals surface area contributed by atoms with E-state index in [4.69, 9.17) is 5.73 Å². The fraction of sp³-hybridized carbons (Fsp3) is 0.800. The molecule has 1 radical (unpaired) electrons. The predicted molar refractivity (Wildman–Crippen MR) is 30.1 cm³/mol. The molecule has 51 valence electrons. The van der Waals surface area contributed by atoms with Gasteiger partial charge in [-0.1, -0.05) is 0 Å². The van der Waals surface area contributed by atoms with Gasteiger partial charge < -0.3 is 11.1 Å². The molecule has 0 aromatic rings. The van der Waals surface area contributed by atoms with Gasteiger partial charge in [0.15, 0.2) is 0 Å². The first kappa shape index (κ1) is 6.51. The van der Waals surface area contributed by atoms with E-state index in [1.54, 1.807) is 0 Å². The minimum atomic E-state index is -0.831. The average molecular weight is 129 g/mol. The highest BCUT2D eigenvalue weighted by Gasteiger charge is 2.30. The topological polar surface area (TPSA) is 75.0 Å². The number of nitrogens with two attached hydrogens (primary N) is 1. The molecule has 0 bridgehead atoms. The standard InChI is InChI=1S/C5H9N2O2/c6-5(9)4-3(8)1-2-7-4/h3-4,7H,1-2H2,(H2,6,9)/t3-,4?/m0/s1. The number of carbonyl (C=O) groups is 1. The molecule has 1 amide bonds. The Hall–Kier alpha value is -0.610. The zero-order chi connectivity index (χ0) is 6.85. The van der Waals surface area contributed by atoms with Gasteiger partial charge in [-0.15, -0.1) is 0 Å². The Morgan fingerprint density at radius 1 is 1.67 bits per heavy atom. The zero-order valence-electron chi connectivity index (χ0n) is 4.96. The van der Waals surface area contributed by atoms with Gasteiger partial charge >= 0.3 is 0 Å². The van der Waals surface area contributed by atoms with Crippen molar-refractivity contribution in [1.29, 1.82) is 0 Å². The van der Waals surface area contributed by atoms with Crippen molar-refractivity contribution in [3.63, 3.8) is 0 Å². The highest BCUT2D eigenvalue weighted by atomic mass is 16.3. The predicted octanol–water partition coefficient (Wildman–Crippen LogP) is -1.37. The summed E-state index contributed by atoms with van der Waals surface area (Å²) in [5, 5.41) is 13.5. The molecule has 2 atom stereocenters. The molecular weight excluding hydrogens is 120 g/mol. The Morgan fingerprint density at radius 2 is 2.33 bits per heavy atom. The van der Waals surface area contributed by atoms with Gasteiger partial charge in [-0.05, 0) is 13.0 Å². The maximum Gasteiger partial charge on any atom is 0.237 e. The van der Waals surface area contributed by atoms with Crippen molar-refractivity contribution in [2.75, 3.05) is 6.54 Å². The second-order valence-corrected chi connectivity index (χ2v) is 2.16. The molecule has 1 fully saturated rings. The number of rotatable bonds is 1. The third-order valence-electron chi connectivity index (χ3n) is 1.47. The Bertz CT molecular complexity index is 126. The molecule has 0 aromatic carbocycles. The second-order valence-electron chi connectivity index (χ2n) is 2.16. The summed E-state index contributed by atoms with van der Waals surface area (Å²) in [7, 11) is 0. The Labute approximate surface area is 53.0 Å². The van der Waals surface area contributed by atoms with Gasteiger partial charge in [-0.3, -0.25) is 4.79 Å². The van der Waals surface area contributed by atoms with Crippen LogP contribution in [0.5, 0.6) is 0 Å². The molecule has 0 spiro atoms. The van der Waals surface area contributed by atoms with Crippen LogP contribution in [0.4, 0.5) is 0 Å². The number of carbonyl (C=O) groups excluding carboxylic acids is 1. The minimum Gasteiger partial charge on any atom is -0.368 e. The molecule has 4 nitrogen and oxygen atoms in total. The van der Waals surface area contributed by atoms with Crippen molar-refractivity contribution >= 4 is 5.91 Å². The smallest absolute Gasteiger partial charge is 0.237 e. The van der Waals surface area contributed by atoms with Crippen LogP contribution < -0.4 is 11.1 Å². The van der Waals surface area contributed by atoms with Crippen LogP contribution in [0.25, 0.3) is 0 Å². The lowest BCUT2D eigenvalue weighted by molar-refractivity contribution is -0.122. The lowest BCUT2D eigenvalue weighted by atomic mass is 10.2. The van der Waals surface area contributed by atoms with Crippen LogP contribution in [-0.2, 0) is 9.90 Å². The molecule has 9 heavy (non-hydrogen) atoms. The fourth-order valence-corrected chi connectivity index (χ4v) is 0.963. The molecular formula is C5H9N2O2. The number of primary amides is 1. The lowest BCUT2D eigenvalue weighted by Crippen LogP contribution is -2.42. The van der Waals surface area contributed by atoms with E-state index in [-0.39, 0.29) is 0 Å². The molecule has 1 rings (SSSR count). The van der Waals surface area contributed by atoms with E-state index < -0.39 is 18.1 Å². The first-order valence-electron chi connectivity index (χ1n) is 2.90. The molecule has 0 saturated carbocycles. The Morgan fingerprint density at radius 3 is 2.56 bits per heavy atom. The van der Waals surface area contributed by atoms with E-state index in [2.05, 4.69) is 5.32 Å². The number of nitrogens with one attached hydrogen (secondary N) is 1. The molecule has 1 unspecified atom stereocenters. The highest BCUT2D eigenvalue weighted by molar-refractivity contribution is 5.80. The van der Waals surface area contributed by atoms with Crippen LogP contribution in [-0.4, -0.2) is 24.6 Å². The monoisotopic (exact) mass is 129 g/mol. The summed E-state index contributed by atoms with van der Waals surface area (Å²) >= 11 is 0. The van der Waals surface area contributed by atoms with Crippen molar-refractivity contribution in [2.24, 2.45) is 5.73 Å². The highest BCUT2D eigenvalue weighted by Crippen LogP contribution is 2.05. The van der Waals surface area contributed by atoms with Crippen LogP contribution in [0, 0.1) is 0 Å². The third kappa shape index (κ3) is 1.20. The largest absolute Gasteiger partial charge is 0.368 e. The number of hydrogen-bond acceptors (Lipinski definition) is 2. The maximum atomic E-state index is 10.7. The third-order valence-corrected chi connectivity index (χ3v) is 1.47. The van der Waals surface area contributed by atoms with Crippen LogP contribution in [0.15, 0.2) is 0 Å². The van der Waals surface area contributed by atoms with E-state index in [1.807, 2.05) is 0 Å². The summed E-state index contributed by atoms with van der Waals surface area (Å²) < 4.78 is 0. The summed E-state index contributed by atoms with van der Waals surface area (Å²) in [5.41, 5.74) is 4.89. The SMILES string of the molecule is NC(=O)C1NCC[C@@H]1[O]. The average Bonchev–Trinajstić information content (AvgIpc) is 2.13. The van der Waals surface area contributed by atoms with Gasteiger partial charge in [0.25, 0.3) is 0 Å². The van der Waals surface area contributed by atoms with Crippen molar-refractivity contribution in [2.45, 2.75) is 18.6 Å². The summed E-state index contributed by atoms with van der Waals surface area (Å²) in [5.74, 6) is -0.535. The molecule has 0 aliphatic carbocycles. The van der Waals surface area contributed by atoms with Gasteiger partial charge in [-0.2, -0.15) is 0 Å². The molecule has 0 aromatic heterocycles. The zero-order valence-corrected chi connectivity index (χ0v) is 4.96. The van der Waals surface area contributed by atoms with E-state index in [9.17, 15) is 9.90 Å². The first-order chi connectivity index (χ1) is 4.22. The van der Waals surface area contributed by atoms with E-state index in [0.29, 0.717) is 13.0 Å².